The number of H-pyrrole nitrogens is 1. The van der Waals surface area contributed by atoms with Gasteiger partial charge in [0.2, 0.25) is 0 Å². The summed E-state index contributed by atoms with van der Waals surface area (Å²) in [5, 5.41) is 10.2. The van der Waals surface area contributed by atoms with E-state index in [1.807, 2.05) is 25.4 Å². The Morgan fingerprint density at radius 1 is 1.35 bits per heavy atom. The van der Waals surface area contributed by atoms with Crippen molar-refractivity contribution in [3.8, 4) is 16.9 Å². The number of ether oxygens (including phenoxy) is 1. The second-order valence-corrected chi connectivity index (χ2v) is 4.00. The predicted octanol–water partition coefficient (Wildman–Crippen LogP) is 2.11. The molecule has 2 aromatic rings. The van der Waals surface area contributed by atoms with E-state index in [-0.39, 0.29) is 0 Å². The van der Waals surface area contributed by atoms with Crippen molar-refractivity contribution in [2.24, 2.45) is 0 Å². The molecule has 4 heteroatoms. The third-order valence-corrected chi connectivity index (χ3v) is 2.72. The molecule has 0 saturated heterocycles. The highest BCUT2D eigenvalue weighted by Crippen LogP contribution is 2.32. The van der Waals surface area contributed by atoms with Crippen LogP contribution in [0.2, 0.25) is 0 Å². The lowest BCUT2D eigenvalue weighted by Gasteiger charge is -2.09. The third kappa shape index (κ3) is 2.31. The minimum atomic E-state index is 0.756. The maximum absolute atomic E-state index is 5.40. The average molecular weight is 231 g/mol. The number of rotatable bonds is 4. The van der Waals surface area contributed by atoms with Crippen LogP contribution in [0, 0.1) is 6.92 Å². The van der Waals surface area contributed by atoms with Gasteiger partial charge in [0.1, 0.15) is 5.75 Å². The van der Waals surface area contributed by atoms with E-state index in [2.05, 4.69) is 28.5 Å². The number of nitrogens with zero attached hydrogens (tertiary/aromatic N) is 1. The van der Waals surface area contributed by atoms with Gasteiger partial charge < -0.3 is 10.1 Å². The summed E-state index contributed by atoms with van der Waals surface area (Å²) in [5.74, 6) is 0.870. The molecular formula is C13H17N3O. The monoisotopic (exact) mass is 231 g/mol. The van der Waals surface area contributed by atoms with Gasteiger partial charge in [0.15, 0.2) is 0 Å². The normalized spacial score (nSPS) is 10.5. The highest BCUT2D eigenvalue weighted by Gasteiger charge is 2.11. The number of aromatic nitrogens is 2. The van der Waals surface area contributed by atoms with Gasteiger partial charge in [0, 0.05) is 17.7 Å². The van der Waals surface area contributed by atoms with Crippen molar-refractivity contribution in [1.29, 1.82) is 0 Å². The Hall–Kier alpha value is -1.81. The lowest BCUT2D eigenvalue weighted by atomic mass is 10.0. The Bertz CT molecular complexity index is 505. The van der Waals surface area contributed by atoms with Crippen molar-refractivity contribution in [2.75, 3.05) is 14.2 Å². The Morgan fingerprint density at radius 3 is 2.88 bits per heavy atom. The maximum Gasteiger partial charge on any atom is 0.126 e. The molecule has 0 saturated carbocycles. The minimum absolute atomic E-state index is 0.756. The van der Waals surface area contributed by atoms with E-state index in [9.17, 15) is 0 Å². The van der Waals surface area contributed by atoms with Crippen LogP contribution in [0.5, 0.6) is 5.75 Å². The van der Waals surface area contributed by atoms with Crippen LogP contribution >= 0.6 is 0 Å². The van der Waals surface area contributed by atoms with Crippen LogP contribution in [-0.4, -0.2) is 24.4 Å². The van der Waals surface area contributed by atoms with Gasteiger partial charge in [-0.15, -0.1) is 0 Å². The topological polar surface area (TPSA) is 49.9 Å². The molecule has 90 valence electrons. The van der Waals surface area contributed by atoms with Gasteiger partial charge in [0.25, 0.3) is 0 Å². The van der Waals surface area contributed by atoms with E-state index in [0.717, 1.165) is 29.1 Å². The van der Waals surface area contributed by atoms with Crippen LogP contribution in [0.25, 0.3) is 11.1 Å². The van der Waals surface area contributed by atoms with Gasteiger partial charge in [-0.1, -0.05) is 11.6 Å². The van der Waals surface area contributed by atoms with E-state index in [1.165, 1.54) is 5.56 Å². The first-order valence-corrected chi connectivity index (χ1v) is 5.58. The number of benzene rings is 1. The molecule has 1 aromatic carbocycles. The molecule has 0 atom stereocenters. The Balaban J connectivity index is 2.51. The molecule has 4 nitrogen and oxygen atoms in total. The van der Waals surface area contributed by atoms with Crippen molar-refractivity contribution in [3.63, 3.8) is 0 Å². The van der Waals surface area contributed by atoms with E-state index >= 15 is 0 Å². The van der Waals surface area contributed by atoms with E-state index < -0.39 is 0 Å². The molecular weight excluding hydrogens is 214 g/mol. The molecule has 1 heterocycles. The fourth-order valence-electron chi connectivity index (χ4n) is 1.89. The number of aromatic amines is 1. The van der Waals surface area contributed by atoms with Gasteiger partial charge in [-0.25, -0.2) is 0 Å². The van der Waals surface area contributed by atoms with Crippen LogP contribution in [0.15, 0.2) is 24.4 Å². The summed E-state index contributed by atoms with van der Waals surface area (Å²) in [4.78, 5) is 0. The van der Waals surface area contributed by atoms with Crippen LogP contribution in [0.3, 0.4) is 0 Å². The molecule has 17 heavy (non-hydrogen) atoms. The molecule has 0 aliphatic heterocycles. The third-order valence-electron chi connectivity index (χ3n) is 2.72. The lowest BCUT2D eigenvalue weighted by Crippen LogP contribution is -2.06. The molecule has 0 aliphatic carbocycles. The van der Waals surface area contributed by atoms with Crippen LogP contribution in [0.1, 0.15) is 11.3 Å². The van der Waals surface area contributed by atoms with E-state index in [1.54, 1.807) is 7.11 Å². The summed E-state index contributed by atoms with van der Waals surface area (Å²) < 4.78 is 5.40. The number of hydrogen-bond donors (Lipinski definition) is 2. The first kappa shape index (κ1) is 11.7. The van der Waals surface area contributed by atoms with Crippen molar-refractivity contribution >= 4 is 0 Å². The van der Waals surface area contributed by atoms with Crippen LogP contribution in [0.4, 0.5) is 0 Å². The summed E-state index contributed by atoms with van der Waals surface area (Å²) in [7, 11) is 3.60. The number of methoxy groups -OCH3 is 1. The standard InChI is InChI=1S/C13H17N3O/c1-9-4-5-13(17-3)10(6-9)11-7-15-16-12(11)8-14-2/h4-7,14H,8H2,1-3H3,(H,15,16). The molecule has 2 rings (SSSR count). The molecule has 0 radical (unpaired) electrons. The van der Waals surface area contributed by atoms with Crippen molar-refractivity contribution < 1.29 is 4.74 Å². The summed E-state index contributed by atoms with van der Waals surface area (Å²) in [6.07, 6.45) is 1.84. The second-order valence-electron chi connectivity index (χ2n) is 4.00. The van der Waals surface area contributed by atoms with Crippen molar-refractivity contribution in [1.82, 2.24) is 15.5 Å². The molecule has 0 aliphatic rings. The van der Waals surface area contributed by atoms with Gasteiger partial charge >= 0.3 is 0 Å². The van der Waals surface area contributed by atoms with Gasteiger partial charge in [-0.3, -0.25) is 5.10 Å². The average Bonchev–Trinajstić information content (AvgIpc) is 2.77. The number of nitrogens with one attached hydrogen (secondary N) is 2. The quantitative estimate of drug-likeness (QED) is 0.847. The maximum atomic E-state index is 5.40. The summed E-state index contributed by atoms with van der Waals surface area (Å²) in [6.45, 7) is 2.83. The smallest absolute Gasteiger partial charge is 0.126 e. The zero-order valence-corrected chi connectivity index (χ0v) is 10.4. The Morgan fingerprint density at radius 2 is 2.18 bits per heavy atom. The molecule has 1 aromatic heterocycles. The molecule has 0 bridgehead atoms. The first-order valence-electron chi connectivity index (χ1n) is 5.58. The van der Waals surface area contributed by atoms with Crippen LogP contribution < -0.4 is 10.1 Å². The van der Waals surface area contributed by atoms with Crippen LogP contribution in [-0.2, 0) is 6.54 Å². The van der Waals surface area contributed by atoms with Crippen molar-refractivity contribution in [3.05, 3.63) is 35.7 Å². The number of hydrogen-bond acceptors (Lipinski definition) is 3. The molecule has 0 amide bonds. The van der Waals surface area contributed by atoms with E-state index in [4.69, 9.17) is 4.74 Å². The first-order chi connectivity index (χ1) is 8.26. The fourth-order valence-corrected chi connectivity index (χ4v) is 1.89. The number of aryl methyl sites for hydroxylation is 1. The highest BCUT2D eigenvalue weighted by molar-refractivity contribution is 5.72. The second kappa shape index (κ2) is 5.01. The molecule has 0 spiro atoms. The Kier molecular flexibility index (Phi) is 3.44. The summed E-state index contributed by atoms with van der Waals surface area (Å²) in [6, 6.07) is 6.14. The lowest BCUT2D eigenvalue weighted by molar-refractivity contribution is 0.416. The Labute approximate surface area is 101 Å². The summed E-state index contributed by atoms with van der Waals surface area (Å²) >= 11 is 0. The largest absolute Gasteiger partial charge is 0.496 e. The molecule has 0 unspecified atom stereocenters. The van der Waals surface area contributed by atoms with Gasteiger partial charge in [-0.05, 0) is 26.1 Å². The van der Waals surface area contributed by atoms with Gasteiger partial charge in [-0.2, -0.15) is 5.10 Å². The van der Waals surface area contributed by atoms with Gasteiger partial charge in [0.05, 0.1) is 19.0 Å². The zero-order chi connectivity index (χ0) is 12.3. The molecule has 2 N–H and O–H groups in total. The zero-order valence-electron chi connectivity index (χ0n) is 10.4. The SMILES string of the molecule is CNCc1[nH]ncc1-c1cc(C)ccc1OC. The molecule has 0 fully saturated rings. The predicted molar refractivity (Wildman–Crippen MR) is 68.1 cm³/mol. The van der Waals surface area contributed by atoms with E-state index in [0.29, 0.717) is 0 Å². The minimum Gasteiger partial charge on any atom is -0.496 e. The highest BCUT2D eigenvalue weighted by atomic mass is 16.5. The van der Waals surface area contributed by atoms with Crippen molar-refractivity contribution in [2.45, 2.75) is 13.5 Å². The summed E-state index contributed by atoms with van der Waals surface area (Å²) in [5.41, 5.74) is 4.43. The fraction of sp³-hybridized carbons (Fsp3) is 0.308.